The molecular formula is C13H18N2O2. The Balaban J connectivity index is 1.81. The molecule has 0 aliphatic carbocycles. The van der Waals surface area contributed by atoms with Gasteiger partial charge in [0.15, 0.2) is 0 Å². The number of nitrogens with two attached hydrogens (primary N) is 1. The van der Waals surface area contributed by atoms with Crippen molar-refractivity contribution in [3.63, 3.8) is 0 Å². The van der Waals surface area contributed by atoms with Gasteiger partial charge in [-0.3, -0.25) is 9.69 Å². The van der Waals surface area contributed by atoms with Crippen molar-refractivity contribution in [1.29, 1.82) is 0 Å². The molecule has 1 aromatic carbocycles. The minimum Gasteiger partial charge on any atom is -0.481 e. The summed E-state index contributed by atoms with van der Waals surface area (Å²) < 4.78 is 0. The number of carbonyl (C=O) groups is 1. The van der Waals surface area contributed by atoms with Gasteiger partial charge in [-0.1, -0.05) is 30.3 Å². The molecule has 1 aromatic rings. The van der Waals surface area contributed by atoms with Gasteiger partial charge < -0.3 is 10.8 Å². The fourth-order valence-corrected chi connectivity index (χ4v) is 2.33. The van der Waals surface area contributed by atoms with Gasteiger partial charge in [0.1, 0.15) is 0 Å². The van der Waals surface area contributed by atoms with Crippen molar-refractivity contribution >= 4 is 5.97 Å². The van der Waals surface area contributed by atoms with Gasteiger partial charge in [0.25, 0.3) is 0 Å². The first-order valence-corrected chi connectivity index (χ1v) is 5.90. The van der Waals surface area contributed by atoms with Crippen LogP contribution in [0.5, 0.6) is 0 Å². The Morgan fingerprint density at radius 3 is 2.59 bits per heavy atom. The minimum absolute atomic E-state index is 0.209. The SMILES string of the molecule is NCC(C(=O)O)C1CN(Cc2ccccc2)C1. The van der Waals surface area contributed by atoms with Crippen LogP contribution in [0, 0.1) is 11.8 Å². The molecule has 1 heterocycles. The zero-order valence-electron chi connectivity index (χ0n) is 9.75. The van der Waals surface area contributed by atoms with Gasteiger partial charge in [-0.2, -0.15) is 0 Å². The van der Waals surface area contributed by atoms with E-state index in [0.29, 0.717) is 0 Å². The van der Waals surface area contributed by atoms with Crippen molar-refractivity contribution in [2.75, 3.05) is 19.6 Å². The summed E-state index contributed by atoms with van der Waals surface area (Å²) in [5, 5.41) is 8.99. The van der Waals surface area contributed by atoms with Gasteiger partial charge in [0, 0.05) is 26.2 Å². The second-order valence-electron chi connectivity index (χ2n) is 4.62. The Labute approximate surface area is 101 Å². The number of benzene rings is 1. The molecule has 92 valence electrons. The lowest BCUT2D eigenvalue weighted by atomic mass is 9.85. The normalized spacial score (nSPS) is 18.6. The minimum atomic E-state index is -0.767. The first-order chi connectivity index (χ1) is 8.20. The lowest BCUT2D eigenvalue weighted by Gasteiger charge is -2.41. The molecule has 0 amide bonds. The molecule has 0 spiro atoms. The van der Waals surface area contributed by atoms with Gasteiger partial charge in [-0.05, 0) is 11.5 Å². The van der Waals surface area contributed by atoms with E-state index >= 15 is 0 Å². The van der Waals surface area contributed by atoms with Gasteiger partial charge >= 0.3 is 5.97 Å². The molecule has 17 heavy (non-hydrogen) atoms. The molecule has 0 saturated carbocycles. The van der Waals surface area contributed by atoms with Gasteiger partial charge in [-0.25, -0.2) is 0 Å². The second-order valence-corrected chi connectivity index (χ2v) is 4.62. The zero-order chi connectivity index (χ0) is 12.3. The van der Waals surface area contributed by atoms with Crippen LogP contribution in [-0.4, -0.2) is 35.6 Å². The largest absolute Gasteiger partial charge is 0.481 e. The Hall–Kier alpha value is -1.39. The lowest BCUT2D eigenvalue weighted by Crippen LogP contribution is -2.52. The summed E-state index contributed by atoms with van der Waals surface area (Å²) in [5.41, 5.74) is 6.75. The average molecular weight is 234 g/mol. The van der Waals surface area contributed by atoms with Crippen molar-refractivity contribution in [2.24, 2.45) is 17.6 Å². The third-order valence-corrected chi connectivity index (χ3v) is 3.37. The molecule has 0 aromatic heterocycles. The number of likely N-dealkylation sites (tertiary alicyclic amines) is 1. The molecule has 1 saturated heterocycles. The smallest absolute Gasteiger partial charge is 0.308 e. The maximum absolute atomic E-state index is 10.9. The molecule has 1 aliphatic heterocycles. The fourth-order valence-electron chi connectivity index (χ4n) is 2.33. The summed E-state index contributed by atoms with van der Waals surface area (Å²) in [6.07, 6.45) is 0. The second kappa shape index (κ2) is 5.29. The molecule has 0 radical (unpaired) electrons. The van der Waals surface area contributed by atoms with E-state index < -0.39 is 5.97 Å². The molecular weight excluding hydrogens is 216 g/mol. The van der Waals surface area contributed by atoms with Crippen LogP contribution in [0.15, 0.2) is 30.3 Å². The summed E-state index contributed by atoms with van der Waals surface area (Å²) in [4.78, 5) is 13.2. The van der Waals surface area contributed by atoms with Crippen LogP contribution >= 0.6 is 0 Å². The zero-order valence-corrected chi connectivity index (χ0v) is 9.75. The number of carboxylic acids is 1. The van der Waals surface area contributed by atoms with Crippen LogP contribution in [0.25, 0.3) is 0 Å². The standard InChI is InChI=1S/C13H18N2O2/c14-6-12(13(16)17)11-8-15(9-11)7-10-4-2-1-3-5-10/h1-5,11-12H,6-9,14H2,(H,16,17). The van der Waals surface area contributed by atoms with E-state index in [1.807, 2.05) is 18.2 Å². The van der Waals surface area contributed by atoms with Gasteiger partial charge in [0.05, 0.1) is 5.92 Å². The van der Waals surface area contributed by atoms with Crippen LogP contribution < -0.4 is 5.73 Å². The van der Waals surface area contributed by atoms with Gasteiger partial charge in [-0.15, -0.1) is 0 Å². The summed E-state index contributed by atoms with van der Waals surface area (Å²) in [6, 6.07) is 10.2. The fraction of sp³-hybridized carbons (Fsp3) is 0.462. The molecule has 1 aliphatic rings. The van der Waals surface area contributed by atoms with Crippen LogP contribution in [0.1, 0.15) is 5.56 Å². The monoisotopic (exact) mass is 234 g/mol. The summed E-state index contributed by atoms with van der Waals surface area (Å²) in [7, 11) is 0. The lowest BCUT2D eigenvalue weighted by molar-refractivity contribution is -0.145. The van der Waals surface area contributed by atoms with E-state index in [1.165, 1.54) is 5.56 Å². The average Bonchev–Trinajstić information content (AvgIpc) is 2.27. The van der Waals surface area contributed by atoms with E-state index in [0.717, 1.165) is 19.6 Å². The Kier molecular flexibility index (Phi) is 3.76. The van der Waals surface area contributed by atoms with E-state index in [-0.39, 0.29) is 18.4 Å². The molecule has 4 nitrogen and oxygen atoms in total. The number of hydrogen-bond donors (Lipinski definition) is 2. The Bertz CT molecular complexity index is 374. The highest BCUT2D eigenvalue weighted by molar-refractivity contribution is 5.70. The summed E-state index contributed by atoms with van der Waals surface area (Å²) >= 11 is 0. The van der Waals surface area contributed by atoms with Crippen LogP contribution in [0.3, 0.4) is 0 Å². The predicted molar refractivity (Wildman–Crippen MR) is 65.4 cm³/mol. The predicted octanol–water partition coefficient (Wildman–Crippen LogP) is 0.778. The van der Waals surface area contributed by atoms with Crippen LogP contribution in [0.4, 0.5) is 0 Å². The van der Waals surface area contributed by atoms with E-state index in [4.69, 9.17) is 10.8 Å². The Morgan fingerprint density at radius 1 is 1.41 bits per heavy atom. The highest BCUT2D eigenvalue weighted by Crippen LogP contribution is 2.25. The molecule has 1 atom stereocenters. The number of carboxylic acid groups (broad SMARTS) is 1. The molecule has 1 fully saturated rings. The molecule has 2 rings (SSSR count). The number of nitrogens with zero attached hydrogens (tertiary/aromatic N) is 1. The molecule has 4 heteroatoms. The highest BCUT2D eigenvalue weighted by atomic mass is 16.4. The maximum atomic E-state index is 10.9. The molecule has 1 unspecified atom stereocenters. The van der Waals surface area contributed by atoms with Crippen molar-refractivity contribution in [2.45, 2.75) is 6.54 Å². The summed E-state index contributed by atoms with van der Waals surface area (Å²) in [6.45, 7) is 2.81. The van der Waals surface area contributed by atoms with Crippen LogP contribution in [0.2, 0.25) is 0 Å². The van der Waals surface area contributed by atoms with E-state index in [9.17, 15) is 4.79 Å². The summed E-state index contributed by atoms with van der Waals surface area (Å²) in [5.74, 6) is -0.944. The third-order valence-electron chi connectivity index (χ3n) is 3.37. The van der Waals surface area contributed by atoms with Crippen molar-refractivity contribution in [1.82, 2.24) is 4.90 Å². The molecule has 0 bridgehead atoms. The van der Waals surface area contributed by atoms with E-state index in [2.05, 4.69) is 17.0 Å². The van der Waals surface area contributed by atoms with Crippen molar-refractivity contribution in [3.05, 3.63) is 35.9 Å². The van der Waals surface area contributed by atoms with Crippen molar-refractivity contribution in [3.8, 4) is 0 Å². The first kappa shape index (κ1) is 12.1. The number of aliphatic carboxylic acids is 1. The number of rotatable bonds is 5. The maximum Gasteiger partial charge on any atom is 0.308 e. The van der Waals surface area contributed by atoms with Crippen molar-refractivity contribution < 1.29 is 9.90 Å². The third kappa shape index (κ3) is 2.84. The quantitative estimate of drug-likeness (QED) is 0.790. The van der Waals surface area contributed by atoms with Crippen LogP contribution in [-0.2, 0) is 11.3 Å². The Morgan fingerprint density at radius 2 is 2.06 bits per heavy atom. The topological polar surface area (TPSA) is 66.6 Å². The first-order valence-electron chi connectivity index (χ1n) is 5.90. The van der Waals surface area contributed by atoms with Gasteiger partial charge in [0.2, 0.25) is 0 Å². The van der Waals surface area contributed by atoms with E-state index in [1.54, 1.807) is 0 Å². The number of hydrogen-bond acceptors (Lipinski definition) is 3. The highest BCUT2D eigenvalue weighted by Gasteiger charge is 2.36. The molecule has 3 N–H and O–H groups in total.